The Bertz CT molecular complexity index is 932. The Kier molecular flexibility index (Phi) is 5.76. The Morgan fingerprint density at radius 3 is 2.38 bits per heavy atom. The quantitative estimate of drug-likeness (QED) is 0.668. The van der Waals surface area contributed by atoms with E-state index in [2.05, 4.69) is 22.1 Å². The number of benzene rings is 2. The predicted octanol–water partition coefficient (Wildman–Crippen LogP) is 2.93. The fourth-order valence-electron chi connectivity index (χ4n) is 3.34. The van der Waals surface area contributed by atoms with Crippen LogP contribution in [0.25, 0.3) is 11.3 Å². The lowest BCUT2D eigenvalue weighted by atomic mass is 10.1. The van der Waals surface area contributed by atoms with Crippen molar-refractivity contribution in [3.8, 4) is 17.0 Å². The van der Waals surface area contributed by atoms with E-state index in [1.165, 1.54) is 10.4 Å². The fraction of sp³-hybridized carbons (Fsp3) is 0.273. The van der Waals surface area contributed by atoms with E-state index in [1.807, 2.05) is 48.5 Å². The molecule has 0 N–H and O–H groups in total. The second-order valence-electron chi connectivity index (χ2n) is 6.94. The summed E-state index contributed by atoms with van der Waals surface area (Å²) in [5.74, 6) is 0.783. The maximum Gasteiger partial charge on any atom is 0.436 e. The van der Waals surface area contributed by atoms with Crippen molar-refractivity contribution in [2.24, 2.45) is 0 Å². The topological polar surface area (TPSA) is 59.8 Å². The van der Waals surface area contributed by atoms with Crippen molar-refractivity contribution in [2.75, 3.05) is 33.3 Å². The number of ether oxygens (including phenoxy) is 1. The molecule has 0 spiro atoms. The van der Waals surface area contributed by atoms with Crippen molar-refractivity contribution >= 4 is 6.09 Å². The number of aromatic nitrogens is 2. The van der Waals surface area contributed by atoms with Crippen molar-refractivity contribution in [3.63, 3.8) is 0 Å². The molecule has 1 amide bonds. The second kappa shape index (κ2) is 8.79. The second-order valence-corrected chi connectivity index (χ2v) is 6.94. The zero-order valence-electron chi connectivity index (χ0n) is 16.4. The number of piperazine rings is 1. The number of amides is 1. The van der Waals surface area contributed by atoms with Gasteiger partial charge in [-0.05, 0) is 35.9 Å². The first kappa shape index (κ1) is 19.0. The highest BCUT2D eigenvalue weighted by molar-refractivity contribution is 5.68. The van der Waals surface area contributed by atoms with E-state index < -0.39 is 0 Å². The average molecular weight is 392 g/mol. The van der Waals surface area contributed by atoms with Crippen molar-refractivity contribution in [2.45, 2.75) is 6.54 Å². The van der Waals surface area contributed by atoms with Gasteiger partial charge in [0, 0.05) is 38.3 Å². The summed E-state index contributed by atoms with van der Waals surface area (Å²) in [6.45, 7) is 3.81. The third kappa shape index (κ3) is 4.75. The summed E-state index contributed by atoms with van der Waals surface area (Å²) in [6.07, 6.45) is 1.26. The first-order chi connectivity index (χ1) is 14.2. The number of rotatable bonds is 5. The minimum atomic E-state index is -0.381. The highest BCUT2D eigenvalue weighted by Crippen LogP contribution is 2.20. The van der Waals surface area contributed by atoms with Crippen molar-refractivity contribution in [3.05, 3.63) is 72.4 Å². The molecule has 0 unspecified atom stereocenters. The molecule has 2 heterocycles. The lowest BCUT2D eigenvalue weighted by Gasteiger charge is -2.33. The Hall–Kier alpha value is -3.32. The molecule has 1 aliphatic heterocycles. The average Bonchev–Trinajstić information content (AvgIpc) is 3.23. The van der Waals surface area contributed by atoms with Gasteiger partial charge < -0.3 is 9.64 Å². The maximum atomic E-state index is 12.5. The summed E-state index contributed by atoms with van der Waals surface area (Å²) >= 11 is 0. The lowest BCUT2D eigenvalue weighted by Crippen LogP contribution is -2.50. The van der Waals surface area contributed by atoms with E-state index in [9.17, 15) is 4.79 Å². The third-order valence-corrected chi connectivity index (χ3v) is 5.00. The molecule has 7 heteroatoms. The largest absolute Gasteiger partial charge is 0.497 e. The summed E-state index contributed by atoms with van der Waals surface area (Å²) in [4.78, 5) is 23.2. The molecular formula is C22H24N4O3. The van der Waals surface area contributed by atoms with Crippen molar-refractivity contribution in [1.82, 2.24) is 19.7 Å². The van der Waals surface area contributed by atoms with Gasteiger partial charge in [0.05, 0.1) is 19.0 Å². The predicted molar refractivity (Wildman–Crippen MR) is 109 cm³/mol. The zero-order valence-corrected chi connectivity index (χ0v) is 16.4. The molecule has 29 heavy (non-hydrogen) atoms. The highest BCUT2D eigenvalue weighted by Gasteiger charge is 2.23. The number of hydrogen-bond donors (Lipinski definition) is 0. The number of carbonyl (C=O) groups excluding carboxylic acids is 1. The first-order valence-corrected chi connectivity index (χ1v) is 9.65. The summed E-state index contributed by atoms with van der Waals surface area (Å²) in [6, 6.07) is 19.8. The standard InChI is InChI=1S/C22H24N4O3/c1-28-20-9-7-19(8-10-20)21-11-12-26(23-21)29-22(27)25-15-13-24(14-16-25)17-18-5-3-2-4-6-18/h2-12H,13-17H2,1H3. The van der Waals surface area contributed by atoms with Crippen LogP contribution in [0.15, 0.2) is 66.9 Å². The van der Waals surface area contributed by atoms with E-state index in [0.717, 1.165) is 36.6 Å². The van der Waals surface area contributed by atoms with Crippen LogP contribution in [-0.4, -0.2) is 59.1 Å². The van der Waals surface area contributed by atoms with Crippen LogP contribution in [0.5, 0.6) is 5.75 Å². The maximum absolute atomic E-state index is 12.5. The van der Waals surface area contributed by atoms with Crippen LogP contribution in [0, 0.1) is 0 Å². The van der Waals surface area contributed by atoms with Crippen LogP contribution in [0.4, 0.5) is 4.79 Å². The minimum absolute atomic E-state index is 0.381. The van der Waals surface area contributed by atoms with Crippen LogP contribution >= 0.6 is 0 Å². The SMILES string of the molecule is COc1ccc(-c2ccn(OC(=O)N3CCN(Cc4ccccc4)CC3)n2)cc1. The van der Waals surface area contributed by atoms with E-state index in [1.54, 1.807) is 18.2 Å². The molecule has 1 aromatic heterocycles. The van der Waals surface area contributed by atoms with E-state index in [0.29, 0.717) is 13.1 Å². The van der Waals surface area contributed by atoms with Gasteiger partial charge >= 0.3 is 6.09 Å². The van der Waals surface area contributed by atoms with E-state index in [-0.39, 0.29) is 6.09 Å². The van der Waals surface area contributed by atoms with E-state index >= 15 is 0 Å². The highest BCUT2D eigenvalue weighted by atomic mass is 16.7. The summed E-state index contributed by atoms with van der Waals surface area (Å²) in [5, 5.41) is 4.34. The number of methoxy groups -OCH3 is 1. The van der Waals surface area contributed by atoms with Crippen LogP contribution in [0.2, 0.25) is 0 Å². The van der Waals surface area contributed by atoms with Crippen LogP contribution in [-0.2, 0) is 6.54 Å². The van der Waals surface area contributed by atoms with Gasteiger partial charge in [-0.3, -0.25) is 9.74 Å². The molecule has 0 bridgehead atoms. The van der Waals surface area contributed by atoms with Gasteiger partial charge in [0.1, 0.15) is 5.75 Å². The molecule has 1 fully saturated rings. The van der Waals surface area contributed by atoms with Gasteiger partial charge in [-0.2, -0.15) is 0 Å². The fourth-order valence-corrected chi connectivity index (χ4v) is 3.34. The molecule has 150 valence electrons. The van der Waals surface area contributed by atoms with E-state index in [4.69, 9.17) is 9.57 Å². The van der Waals surface area contributed by atoms with Crippen LogP contribution in [0.3, 0.4) is 0 Å². The molecule has 1 aliphatic rings. The molecular weight excluding hydrogens is 368 g/mol. The molecule has 3 aromatic rings. The van der Waals surface area contributed by atoms with Crippen LogP contribution < -0.4 is 9.57 Å². The molecule has 1 saturated heterocycles. The molecule has 0 aliphatic carbocycles. The number of hydrogen-bond acceptors (Lipinski definition) is 5. The first-order valence-electron chi connectivity index (χ1n) is 9.65. The van der Waals surface area contributed by atoms with Gasteiger partial charge in [-0.25, -0.2) is 4.79 Å². The minimum Gasteiger partial charge on any atom is -0.497 e. The van der Waals surface area contributed by atoms with Crippen LogP contribution in [0.1, 0.15) is 5.56 Å². The summed E-state index contributed by atoms with van der Waals surface area (Å²) in [5.41, 5.74) is 2.94. The molecule has 0 saturated carbocycles. The normalized spacial score (nSPS) is 14.6. The van der Waals surface area contributed by atoms with Crippen molar-refractivity contribution < 1.29 is 14.4 Å². The third-order valence-electron chi connectivity index (χ3n) is 5.00. The van der Waals surface area contributed by atoms with Gasteiger partial charge in [-0.1, -0.05) is 35.2 Å². The number of carbonyl (C=O) groups is 1. The zero-order chi connectivity index (χ0) is 20.1. The van der Waals surface area contributed by atoms with Gasteiger partial charge in [0.25, 0.3) is 0 Å². The Labute approximate surface area is 170 Å². The molecule has 0 atom stereocenters. The Morgan fingerprint density at radius 2 is 1.69 bits per heavy atom. The molecule has 2 aromatic carbocycles. The monoisotopic (exact) mass is 392 g/mol. The van der Waals surface area contributed by atoms with Gasteiger partial charge in [0.2, 0.25) is 0 Å². The molecule has 4 rings (SSSR count). The smallest absolute Gasteiger partial charge is 0.436 e. The summed E-state index contributed by atoms with van der Waals surface area (Å²) < 4.78 is 5.17. The Morgan fingerprint density at radius 1 is 0.966 bits per heavy atom. The van der Waals surface area contributed by atoms with Crippen molar-refractivity contribution in [1.29, 1.82) is 0 Å². The van der Waals surface area contributed by atoms with Gasteiger partial charge in [-0.15, -0.1) is 5.10 Å². The summed E-state index contributed by atoms with van der Waals surface area (Å²) in [7, 11) is 1.63. The lowest BCUT2D eigenvalue weighted by molar-refractivity contribution is 0.0581. The Balaban J connectivity index is 1.29. The van der Waals surface area contributed by atoms with Gasteiger partial charge in [0.15, 0.2) is 0 Å². The number of nitrogens with zero attached hydrogens (tertiary/aromatic N) is 4. The molecule has 7 nitrogen and oxygen atoms in total. The molecule has 0 radical (unpaired) electrons.